The molecule has 158 valence electrons. The Balaban J connectivity index is 1.52. The number of aromatic nitrogens is 3. The number of guanidine groups is 1. The van der Waals surface area contributed by atoms with Gasteiger partial charge in [-0.1, -0.05) is 51.1 Å². The lowest BCUT2D eigenvalue weighted by Crippen LogP contribution is -2.46. The topological polar surface area (TPSA) is 58.3 Å². The molecule has 0 unspecified atom stereocenters. The Morgan fingerprint density at radius 2 is 1.97 bits per heavy atom. The summed E-state index contributed by atoms with van der Waals surface area (Å²) < 4.78 is 2.12. The van der Waals surface area contributed by atoms with Crippen LogP contribution in [0, 0.1) is 11.8 Å². The fraction of sp³-hybridized carbons (Fsp3) is 0.609. The molecule has 6 heteroatoms. The van der Waals surface area contributed by atoms with Crippen molar-refractivity contribution in [3.8, 4) is 0 Å². The Kier molecular flexibility index (Phi) is 8.08. The molecule has 6 nitrogen and oxygen atoms in total. The van der Waals surface area contributed by atoms with Crippen LogP contribution in [0.25, 0.3) is 0 Å². The van der Waals surface area contributed by atoms with Gasteiger partial charge in [0.25, 0.3) is 0 Å². The lowest BCUT2D eigenvalue weighted by atomic mass is 9.90. The third-order valence-corrected chi connectivity index (χ3v) is 5.54. The number of aryl methyl sites for hydroxylation is 1. The van der Waals surface area contributed by atoms with Crippen LogP contribution in [0.3, 0.4) is 0 Å². The molecule has 1 aromatic carbocycles. The zero-order chi connectivity index (χ0) is 20.5. The van der Waals surface area contributed by atoms with Gasteiger partial charge in [0.1, 0.15) is 12.2 Å². The van der Waals surface area contributed by atoms with Crippen molar-refractivity contribution in [2.75, 3.05) is 26.2 Å². The molecule has 0 spiro atoms. The van der Waals surface area contributed by atoms with Crippen molar-refractivity contribution in [2.24, 2.45) is 16.8 Å². The fourth-order valence-corrected chi connectivity index (χ4v) is 3.86. The molecule has 0 radical (unpaired) electrons. The fourth-order valence-electron chi connectivity index (χ4n) is 3.86. The van der Waals surface area contributed by atoms with Gasteiger partial charge in [0, 0.05) is 39.1 Å². The summed E-state index contributed by atoms with van der Waals surface area (Å²) in [5.74, 6) is 3.42. The van der Waals surface area contributed by atoms with E-state index in [2.05, 4.69) is 76.1 Å². The highest BCUT2D eigenvalue weighted by atomic mass is 15.3. The summed E-state index contributed by atoms with van der Waals surface area (Å²) in [6.45, 7) is 11.3. The smallest absolute Gasteiger partial charge is 0.193 e. The number of likely N-dealkylation sites (tertiary alicyclic amines) is 1. The number of nitrogens with zero attached hydrogens (tertiary/aromatic N) is 5. The summed E-state index contributed by atoms with van der Waals surface area (Å²) in [7, 11) is 0. The van der Waals surface area contributed by atoms with Crippen LogP contribution in [0.5, 0.6) is 0 Å². The van der Waals surface area contributed by atoms with E-state index in [0.717, 1.165) is 56.8 Å². The monoisotopic (exact) mass is 396 g/mol. The molecule has 2 heterocycles. The molecular formula is C23H36N6. The highest BCUT2D eigenvalue weighted by molar-refractivity contribution is 5.80. The molecule has 29 heavy (non-hydrogen) atoms. The Morgan fingerprint density at radius 1 is 1.21 bits per heavy atom. The predicted molar refractivity (Wildman–Crippen MR) is 119 cm³/mol. The van der Waals surface area contributed by atoms with Crippen LogP contribution in [-0.4, -0.2) is 51.8 Å². The zero-order valence-electron chi connectivity index (χ0n) is 18.2. The van der Waals surface area contributed by atoms with Crippen LogP contribution in [0.2, 0.25) is 0 Å². The first-order valence-corrected chi connectivity index (χ1v) is 11.1. The predicted octanol–water partition coefficient (Wildman–Crippen LogP) is 3.40. The summed E-state index contributed by atoms with van der Waals surface area (Å²) in [4.78, 5) is 7.35. The average molecular weight is 397 g/mol. The summed E-state index contributed by atoms with van der Waals surface area (Å²) in [5.41, 5.74) is 1.46. The minimum absolute atomic E-state index is 0.562. The van der Waals surface area contributed by atoms with Gasteiger partial charge in [-0.2, -0.15) is 0 Å². The van der Waals surface area contributed by atoms with E-state index in [9.17, 15) is 0 Å². The molecule has 1 aliphatic heterocycles. The molecule has 3 rings (SSSR count). The van der Waals surface area contributed by atoms with E-state index in [1.807, 2.05) is 6.33 Å². The lowest BCUT2D eigenvalue weighted by Gasteiger charge is -2.34. The summed E-state index contributed by atoms with van der Waals surface area (Å²) in [6, 6.07) is 10.9. The Morgan fingerprint density at radius 3 is 2.66 bits per heavy atom. The van der Waals surface area contributed by atoms with Crippen molar-refractivity contribution in [1.29, 1.82) is 0 Å². The second-order valence-electron chi connectivity index (χ2n) is 8.40. The molecule has 0 atom stereocenters. The van der Waals surface area contributed by atoms with Gasteiger partial charge < -0.3 is 14.8 Å². The molecule has 1 aliphatic rings. The quantitative estimate of drug-likeness (QED) is 0.549. The molecule has 0 aliphatic carbocycles. The van der Waals surface area contributed by atoms with E-state index < -0.39 is 0 Å². The Bertz CT molecular complexity index is 744. The van der Waals surface area contributed by atoms with Gasteiger partial charge in [0.2, 0.25) is 0 Å². The van der Waals surface area contributed by atoms with Crippen LogP contribution < -0.4 is 5.32 Å². The molecule has 1 fully saturated rings. The van der Waals surface area contributed by atoms with E-state index in [0.29, 0.717) is 5.92 Å². The van der Waals surface area contributed by atoms with Gasteiger partial charge in [-0.05, 0) is 36.7 Å². The van der Waals surface area contributed by atoms with Crippen molar-refractivity contribution in [3.63, 3.8) is 0 Å². The van der Waals surface area contributed by atoms with E-state index in [4.69, 9.17) is 4.99 Å². The standard InChI is InChI=1S/C23H36N6/c1-4-22-27-26-18-29(22)15-12-24-23(25-17-19(2)3)28-13-10-21(11-14-28)16-20-8-6-5-7-9-20/h5-9,18-19,21H,4,10-17H2,1-3H3,(H,24,25). The van der Waals surface area contributed by atoms with Gasteiger partial charge in [-0.15, -0.1) is 10.2 Å². The average Bonchev–Trinajstić information content (AvgIpc) is 3.19. The molecule has 2 aromatic rings. The number of benzene rings is 1. The lowest BCUT2D eigenvalue weighted by molar-refractivity contribution is 0.258. The van der Waals surface area contributed by atoms with Gasteiger partial charge in [0.15, 0.2) is 5.96 Å². The van der Waals surface area contributed by atoms with Crippen LogP contribution in [0.15, 0.2) is 41.7 Å². The largest absolute Gasteiger partial charge is 0.354 e. The molecular weight excluding hydrogens is 360 g/mol. The highest BCUT2D eigenvalue weighted by Gasteiger charge is 2.22. The van der Waals surface area contributed by atoms with Gasteiger partial charge >= 0.3 is 0 Å². The molecule has 1 saturated heterocycles. The molecule has 1 aromatic heterocycles. The molecule has 0 amide bonds. The van der Waals surface area contributed by atoms with Crippen molar-refractivity contribution >= 4 is 5.96 Å². The minimum Gasteiger partial charge on any atom is -0.354 e. The van der Waals surface area contributed by atoms with E-state index in [1.54, 1.807) is 0 Å². The van der Waals surface area contributed by atoms with E-state index in [1.165, 1.54) is 24.8 Å². The van der Waals surface area contributed by atoms with Gasteiger partial charge in [-0.25, -0.2) is 0 Å². The summed E-state index contributed by atoms with van der Waals surface area (Å²) >= 11 is 0. The molecule has 0 bridgehead atoms. The van der Waals surface area contributed by atoms with Gasteiger partial charge in [-0.3, -0.25) is 4.99 Å². The number of aliphatic imine (C=N–C) groups is 1. The van der Waals surface area contributed by atoms with E-state index >= 15 is 0 Å². The number of hydrogen-bond donors (Lipinski definition) is 1. The minimum atomic E-state index is 0.562. The first kappa shape index (κ1) is 21.3. The maximum atomic E-state index is 4.91. The number of rotatable bonds is 8. The number of nitrogens with one attached hydrogen (secondary N) is 1. The third kappa shape index (κ3) is 6.58. The second-order valence-corrected chi connectivity index (χ2v) is 8.40. The van der Waals surface area contributed by atoms with Crippen molar-refractivity contribution in [2.45, 2.75) is 53.0 Å². The van der Waals surface area contributed by atoms with Crippen molar-refractivity contribution in [3.05, 3.63) is 48.0 Å². The summed E-state index contributed by atoms with van der Waals surface area (Å²) in [6.07, 6.45) is 6.36. The zero-order valence-corrected chi connectivity index (χ0v) is 18.2. The van der Waals surface area contributed by atoms with Crippen LogP contribution in [-0.2, 0) is 19.4 Å². The summed E-state index contributed by atoms with van der Waals surface area (Å²) in [5, 5.41) is 11.8. The van der Waals surface area contributed by atoms with Crippen molar-refractivity contribution in [1.82, 2.24) is 25.0 Å². The maximum absolute atomic E-state index is 4.91. The Hall–Kier alpha value is -2.37. The highest BCUT2D eigenvalue weighted by Crippen LogP contribution is 2.21. The second kappa shape index (κ2) is 11.0. The molecule has 0 saturated carbocycles. The third-order valence-electron chi connectivity index (χ3n) is 5.54. The van der Waals surface area contributed by atoms with Crippen LogP contribution >= 0.6 is 0 Å². The van der Waals surface area contributed by atoms with Gasteiger partial charge in [0.05, 0.1) is 0 Å². The maximum Gasteiger partial charge on any atom is 0.193 e. The SMILES string of the molecule is CCc1nncn1CCNC(=NCC(C)C)N1CCC(Cc2ccccc2)CC1. The first-order valence-electron chi connectivity index (χ1n) is 11.1. The number of piperidine rings is 1. The van der Waals surface area contributed by atoms with E-state index in [-0.39, 0.29) is 0 Å². The normalized spacial score (nSPS) is 15.9. The van der Waals surface area contributed by atoms with Crippen molar-refractivity contribution < 1.29 is 0 Å². The van der Waals surface area contributed by atoms with Crippen LogP contribution in [0.4, 0.5) is 0 Å². The molecule has 1 N–H and O–H groups in total. The van der Waals surface area contributed by atoms with Crippen LogP contribution in [0.1, 0.15) is 45.0 Å². The Labute approximate surface area is 175 Å². The first-order chi connectivity index (χ1) is 14.2. The number of hydrogen-bond acceptors (Lipinski definition) is 3.